The van der Waals surface area contributed by atoms with Crippen LogP contribution in [0.1, 0.15) is 15.9 Å². The average molecular weight is 365 g/mol. The van der Waals surface area contributed by atoms with Gasteiger partial charge >= 0.3 is 5.97 Å². The molecule has 0 aliphatic carbocycles. The molecule has 0 saturated carbocycles. The van der Waals surface area contributed by atoms with Crippen LogP contribution < -0.4 is 20.3 Å². The first kappa shape index (κ1) is 16.8. The number of ether oxygens (including phenoxy) is 3. The van der Waals surface area contributed by atoms with Crippen molar-refractivity contribution in [3.8, 4) is 11.5 Å². The lowest BCUT2D eigenvalue weighted by Crippen LogP contribution is -2.29. The van der Waals surface area contributed by atoms with Gasteiger partial charge in [0.05, 0.1) is 0 Å². The molecule has 1 aliphatic heterocycles. The molecule has 1 amide bonds. The van der Waals surface area contributed by atoms with Crippen molar-refractivity contribution in [2.45, 2.75) is 6.54 Å². The molecule has 8 nitrogen and oxygen atoms in total. The first-order valence-electron chi connectivity index (χ1n) is 7.24. The fourth-order valence-corrected chi connectivity index (χ4v) is 2.27. The number of aromatic amines is 1. The molecule has 130 valence electrons. The highest BCUT2D eigenvalue weighted by Crippen LogP contribution is 2.32. The zero-order valence-electron chi connectivity index (χ0n) is 12.8. The van der Waals surface area contributed by atoms with Crippen LogP contribution in [-0.4, -0.2) is 30.3 Å². The zero-order valence-corrected chi connectivity index (χ0v) is 13.6. The summed E-state index contributed by atoms with van der Waals surface area (Å²) in [5.41, 5.74) is -0.107. The molecule has 0 fully saturated rings. The third-order valence-electron chi connectivity index (χ3n) is 3.35. The van der Waals surface area contributed by atoms with Gasteiger partial charge in [-0.1, -0.05) is 17.7 Å². The molecule has 3 rings (SSSR count). The lowest BCUT2D eigenvalue weighted by molar-refractivity contribution is -0.124. The molecule has 1 aliphatic rings. The second-order valence-corrected chi connectivity index (χ2v) is 5.50. The van der Waals surface area contributed by atoms with Crippen molar-refractivity contribution >= 4 is 23.5 Å². The third-order valence-corrected chi connectivity index (χ3v) is 3.58. The van der Waals surface area contributed by atoms with E-state index >= 15 is 0 Å². The smallest absolute Gasteiger partial charge is 0.344 e. The molecule has 2 aromatic rings. The van der Waals surface area contributed by atoms with Crippen molar-refractivity contribution in [2.24, 2.45) is 0 Å². The maximum atomic E-state index is 11.8. The van der Waals surface area contributed by atoms with E-state index in [2.05, 4.69) is 10.3 Å². The molecule has 9 heteroatoms. The van der Waals surface area contributed by atoms with Crippen LogP contribution in [0.2, 0.25) is 5.15 Å². The zero-order chi connectivity index (χ0) is 17.8. The van der Waals surface area contributed by atoms with E-state index in [1.54, 1.807) is 18.2 Å². The van der Waals surface area contributed by atoms with Crippen molar-refractivity contribution < 1.29 is 23.8 Å². The fourth-order valence-electron chi connectivity index (χ4n) is 2.12. The number of carbonyl (C=O) groups excluding carboxylic acids is 2. The number of aromatic nitrogens is 1. The number of nitrogens with one attached hydrogen (secondary N) is 2. The van der Waals surface area contributed by atoms with Crippen molar-refractivity contribution in [1.29, 1.82) is 0 Å². The number of benzene rings is 1. The number of esters is 1. The number of pyridine rings is 1. The standard InChI is InChI=1S/C16H13ClN2O6/c17-13-4-2-10(15(21)19-13)16(22)23-7-14(20)18-6-9-1-3-11-12(5-9)25-8-24-11/h1-5H,6-8H2,(H,18,20)(H,19,21). The molecule has 2 N–H and O–H groups in total. The van der Waals surface area contributed by atoms with Gasteiger partial charge in [-0.15, -0.1) is 0 Å². The van der Waals surface area contributed by atoms with Gasteiger partial charge in [0.15, 0.2) is 18.1 Å². The van der Waals surface area contributed by atoms with Crippen LogP contribution in [0.5, 0.6) is 11.5 Å². The summed E-state index contributed by atoms with van der Waals surface area (Å²) in [5, 5.41) is 2.70. The Bertz CT molecular complexity index is 879. The second-order valence-electron chi connectivity index (χ2n) is 5.09. The third kappa shape index (κ3) is 4.10. The van der Waals surface area contributed by atoms with Gasteiger partial charge in [0, 0.05) is 6.54 Å². The van der Waals surface area contributed by atoms with Crippen molar-refractivity contribution in [3.63, 3.8) is 0 Å². The molecule has 2 heterocycles. The molecular weight excluding hydrogens is 352 g/mol. The quantitative estimate of drug-likeness (QED) is 0.610. The number of rotatable bonds is 5. The van der Waals surface area contributed by atoms with Gasteiger partial charge in [-0.2, -0.15) is 0 Å². The Kier molecular flexibility index (Phi) is 4.90. The van der Waals surface area contributed by atoms with E-state index in [9.17, 15) is 14.4 Å². The summed E-state index contributed by atoms with van der Waals surface area (Å²) in [6.07, 6.45) is 0. The van der Waals surface area contributed by atoms with Crippen LogP contribution in [0.4, 0.5) is 0 Å². The lowest BCUT2D eigenvalue weighted by Gasteiger charge is -2.07. The highest BCUT2D eigenvalue weighted by atomic mass is 35.5. The Morgan fingerprint density at radius 3 is 2.80 bits per heavy atom. The van der Waals surface area contributed by atoms with E-state index in [4.69, 9.17) is 25.8 Å². The molecule has 25 heavy (non-hydrogen) atoms. The van der Waals surface area contributed by atoms with E-state index in [0.717, 1.165) is 5.56 Å². The number of H-pyrrole nitrogens is 1. The topological polar surface area (TPSA) is 107 Å². The number of fused-ring (bicyclic) bond motifs is 1. The maximum Gasteiger partial charge on any atom is 0.344 e. The number of hydrogen-bond acceptors (Lipinski definition) is 6. The lowest BCUT2D eigenvalue weighted by atomic mass is 10.2. The molecule has 0 bridgehead atoms. The Morgan fingerprint density at radius 2 is 2.00 bits per heavy atom. The van der Waals surface area contributed by atoms with Crippen molar-refractivity contribution in [3.05, 3.63) is 57.0 Å². The number of carbonyl (C=O) groups is 2. The van der Waals surface area contributed by atoms with Crippen LogP contribution >= 0.6 is 11.6 Å². The highest BCUT2D eigenvalue weighted by molar-refractivity contribution is 6.29. The van der Waals surface area contributed by atoms with Crippen LogP contribution in [0.3, 0.4) is 0 Å². The van der Waals surface area contributed by atoms with Crippen molar-refractivity contribution in [2.75, 3.05) is 13.4 Å². The van der Waals surface area contributed by atoms with Gasteiger partial charge in [0.1, 0.15) is 10.7 Å². The Morgan fingerprint density at radius 1 is 1.20 bits per heavy atom. The molecule has 1 aromatic heterocycles. The Labute approximate surface area is 146 Å². The minimum absolute atomic E-state index is 0.100. The Hall–Kier alpha value is -3.00. The first-order valence-corrected chi connectivity index (χ1v) is 7.62. The highest BCUT2D eigenvalue weighted by Gasteiger charge is 2.15. The number of hydrogen-bond donors (Lipinski definition) is 2. The van der Waals surface area contributed by atoms with Gasteiger partial charge in [-0.25, -0.2) is 4.79 Å². The van der Waals surface area contributed by atoms with Gasteiger partial charge in [-0.05, 0) is 29.8 Å². The van der Waals surface area contributed by atoms with Gasteiger partial charge in [-0.3, -0.25) is 9.59 Å². The van der Waals surface area contributed by atoms with Gasteiger partial charge < -0.3 is 24.5 Å². The van der Waals surface area contributed by atoms with E-state index < -0.39 is 24.0 Å². The van der Waals surface area contributed by atoms with E-state index in [-0.39, 0.29) is 24.1 Å². The monoisotopic (exact) mass is 364 g/mol. The largest absolute Gasteiger partial charge is 0.454 e. The molecule has 0 unspecified atom stereocenters. The Balaban J connectivity index is 1.49. The predicted octanol–water partition coefficient (Wildman–Crippen LogP) is 1.23. The van der Waals surface area contributed by atoms with E-state index in [1.807, 2.05) is 0 Å². The summed E-state index contributed by atoms with van der Waals surface area (Å²) in [4.78, 5) is 37.4. The first-order chi connectivity index (χ1) is 12.0. The van der Waals surface area contributed by atoms with Crippen LogP contribution in [0, 0.1) is 0 Å². The van der Waals surface area contributed by atoms with E-state index in [1.165, 1.54) is 12.1 Å². The van der Waals surface area contributed by atoms with Crippen LogP contribution in [-0.2, 0) is 16.1 Å². The maximum absolute atomic E-state index is 11.8. The summed E-state index contributed by atoms with van der Waals surface area (Å²) in [5.74, 6) is -0.148. The van der Waals surface area contributed by atoms with Crippen LogP contribution in [0.15, 0.2) is 35.1 Å². The minimum Gasteiger partial charge on any atom is -0.454 e. The van der Waals surface area contributed by atoms with Gasteiger partial charge in [0.2, 0.25) is 6.79 Å². The summed E-state index contributed by atoms with van der Waals surface area (Å²) in [6.45, 7) is -0.106. The SMILES string of the molecule is O=C(COC(=O)c1ccc(Cl)[nH]c1=O)NCc1ccc2c(c1)OCO2. The van der Waals surface area contributed by atoms with E-state index in [0.29, 0.717) is 11.5 Å². The molecular formula is C16H13ClN2O6. The molecule has 0 radical (unpaired) electrons. The fraction of sp³-hybridized carbons (Fsp3) is 0.188. The van der Waals surface area contributed by atoms with Gasteiger partial charge in [0.25, 0.3) is 11.5 Å². The molecule has 0 atom stereocenters. The summed E-state index contributed by atoms with van der Waals surface area (Å²) < 4.78 is 15.3. The summed E-state index contributed by atoms with van der Waals surface area (Å²) >= 11 is 5.60. The van der Waals surface area contributed by atoms with Crippen LogP contribution in [0.25, 0.3) is 0 Å². The second kappa shape index (κ2) is 7.27. The minimum atomic E-state index is -0.906. The molecule has 1 aromatic carbocycles. The van der Waals surface area contributed by atoms with Crippen molar-refractivity contribution in [1.82, 2.24) is 10.3 Å². The average Bonchev–Trinajstić information content (AvgIpc) is 3.05. The number of halogens is 1. The molecule has 0 saturated heterocycles. The predicted molar refractivity (Wildman–Crippen MR) is 86.8 cm³/mol. The summed E-state index contributed by atoms with van der Waals surface area (Å²) in [6, 6.07) is 7.86. The number of amides is 1. The normalized spacial score (nSPS) is 11.9. The summed E-state index contributed by atoms with van der Waals surface area (Å²) in [7, 11) is 0. The molecule has 0 spiro atoms.